The Hall–Kier alpha value is -2.75. The van der Waals surface area contributed by atoms with Crippen LogP contribution in [-0.2, 0) is 16.1 Å². The summed E-state index contributed by atoms with van der Waals surface area (Å²) in [7, 11) is 0. The zero-order chi connectivity index (χ0) is 22.1. The van der Waals surface area contributed by atoms with Crippen LogP contribution in [0.2, 0.25) is 0 Å². The van der Waals surface area contributed by atoms with Crippen molar-refractivity contribution in [2.45, 2.75) is 37.6 Å². The second kappa shape index (κ2) is 9.01. The molecule has 32 heavy (non-hydrogen) atoms. The maximum absolute atomic E-state index is 13.4. The number of rotatable bonds is 6. The van der Waals surface area contributed by atoms with Crippen molar-refractivity contribution in [3.63, 3.8) is 0 Å². The molecule has 7 nitrogen and oxygen atoms in total. The lowest BCUT2D eigenvalue weighted by Gasteiger charge is -2.15. The van der Waals surface area contributed by atoms with Crippen molar-refractivity contribution in [2.24, 2.45) is 0 Å². The van der Waals surface area contributed by atoms with Crippen LogP contribution >= 0.6 is 23.1 Å². The van der Waals surface area contributed by atoms with E-state index in [2.05, 4.69) is 10.3 Å². The summed E-state index contributed by atoms with van der Waals surface area (Å²) < 4.78 is 8.02. The van der Waals surface area contributed by atoms with Gasteiger partial charge >= 0.3 is 0 Å². The number of nitrogens with one attached hydrogen (secondary N) is 1. The van der Waals surface area contributed by atoms with Crippen molar-refractivity contribution in [3.05, 3.63) is 58.5 Å². The molecule has 164 valence electrons. The molecule has 1 aliphatic rings. The second-order valence-electron chi connectivity index (χ2n) is 7.79. The number of ether oxygens (including phenoxy) is 1. The highest BCUT2D eigenvalue weighted by Gasteiger charge is 2.22. The number of hydrogen-bond donors (Lipinski definition) is 1. The van der Waals surface area contributed by atoms with Gasteiger partial charge in [0.05, 0.1) is 23.9 Å². The van der Waals surface area contributed by atoms with Gasteiger partial charge in [-0.1, -0.05) is 23.9 Å². The lowest BCUT2D eigenvalue weighted by Crippen LogP contribution is -2.28. The number of thiophene rings is 1. The van der Waals surface area contributed by atoms with Gasteiger partial charge < -0.3 is 10.1 Å². The van der Waals surface area contributed by atoms with Crippen molar-refractivity contribution in [1.82, 2.24) is 14.5 Å². The Bertz CT molecular complexity index is 1360. The van der Waals surface area contributed by atoms with E-state index < -0.39 is 0 Å². The lowest BCUT2D eigenvalue weighted by atomic mass is 10.2. The summed E-state index contributed by atoms with van der Waals surface area (Å²) in [6, 6.07) is 11.4. The quantitative estimate of drug-likeness (QED) is 0.338. The average Bonchev–Trinajstić information content (AvgIpc) is 3.42. The number of anilines is 1. The number of pyridine rings is 1. The van der Waals surface area contributed by atoms with Crippen LogP contribution in [0.1, 0.15) is 18.4 Å². The van der Waals surface area contributed by atoms with Crippen LogP contribution in [0.25, 0.3) is 20.4 Å². The fourth-order valence-corrected chi connectivity index (χ4v) is 5.69. The second-order valence-corrected chi connectivity index (χ2v) is 9.73. The van der Waals surface area contributed by atoms with Gasteiger partial charge in [0.25, 0.3) is 5.56 Å². The molecule has 1 N–H and O–H groups in total. The molecule has 1 saturated heterocycles. The normalized spacial score (nSPS) is 16.1. The largest absolute Gasteiger partial charge is 0.376 e. The lowest BCUT2D eigenvalue weighted by molar-refractivity contribution is -0.113. The molecule has 0 radical (unpaired) electrons. The smallest absolute Gasteiger partial charge is 0.272 e. The molecule has 1 amide bonds. The van der Waals surface area contributed by atoms with Crippen LogP contribution in [-0.4, -0.2) is 38.9 Å². The number of thioether (sulfide) groups is 1. The first-order valence-corrected chi connectivity index (χ1v) is 12.3. The molecule has 9 heteroatoms. The van der Waals surface area contributed by atoms with E-state index >= 15 is 0 Å². The number of nitrogens with zero attached hydrogens (tertiary/aromatic N) is 3. The van der Waals surface area contributed by atoms with Gasteiger partial charge in [-0.15, -0.1) is 11.3 Å². The average molecular weight is 467 g/mol. The van der Waals surface area contributed by atoms with Crippen molar-refractivity contribution in [1.29, 1.82) is 0 Å². The topological polar surface area (TPSA) is 86.1 Å². The molecule has 1 aromatic carbocycles. The number of benzene rings is 1. The molecule has 1 fully saturated rings. The van der Waals surface area contributed by atoms with E-state index in [-0.39, 0.29) is 23.3 Å². The highest BCUT2D eigenvalue weighted by atomic mass is 32.2. The Morgan fingerprint density at radius 1 is 1.34 bits per heavy atom. The van der Waals surface area contributed by atoms with E-state index in [0.717, 1.165) is 34.3 Å². The third-order valence-corrected chi connectivity index (χ3v) is 7.43. The van der Waals surface area contributed by atoms with Crippen molar-refractivity contribution >= 4 is 55.1 Å². The van der Waals surface area contributed by atoms with Gasteiger partial charge in [-0.25, -0.2) is 9.97 Å². The first-order chi connectivity index (χ1) is 15.6. The summed E-state index contributed by atoms with van der Waals surface area (Å²) in [6.45, 7) is 3.13. The number of hydrogen-bond acceptors (Lipinski definition) is 7. The summed E-state index contributed by atoms with van der Waals surface area (Å²) in [5.74, 6) is 0.00743. The van der Waals surface area contributed by atoms with Crippen LogP contribution in [0, 0.1) is 6.92 Å². The number of amides is 1. The van der Waals surface area contributed by atoms with Gasteiger partial charge in [0.15, 0.2) is 5.16 Å². The predicted octanol–water partition coefficient (Wildman–Crippen LogP) is 4.22. The van der Waals surface area contributed by atoms with Crippen molar-refractivity contribution in [2.75, 3.05) is 17.7 Å². The van der Waals surface area contributed by atoms with Gasteiger partial charge in [-0.2, -0.15) is 0 Å². The first-order valence-electron chi connectivity index (χ1n) is 10.5. The third kappa shape index (κ3) is 4.28. The van der Waals surface area contributed by atoms with Crippen molar-refractivity contribution < 1.29 is 9.53 Å². The van der Waals surface area contributed by atoms with E-state index in [9.17, 15) is 9.59 Å². The minimum absolute atomic E-state index is 0.0140. The maximum atomic E-state index is 13.4. The molecule has 0 saturated carbocycles. The predicted molar refractivity (Wildman–Crippen MR) is 129 cm³/mol. The number of aryl methyl sites for hydroxylation is 1. The Labute approximate surface area is 192 Å². The maximum Gasteiger partial charge on any atom is 0.272 e. The van der Waals surface area contributed by atoms with E-state index in [1.807, 2.05) is 43.3 Å². The Morgan fingerprint density at radius 2 is 2.25 bits per heavy atom. The van der Waals surface area contributed by atoms with E-state index in [4.69, 9.17) is 9.72 Å². The minimum Gasteiger partial charge on any atom is -0.376 e. The summed E-state index contributed by atoms with van der Waals surface area (Å²) in [6.07, 6.45) is 3.60. The molecule has 1 aliphatic heterocycles. The van der Waals surface area contributed by atoms with E-state index in [1.165, 1.54) is 23.1 Å². The van der Waals surface area contributed by atoms with Crippen LogP contribution in [0.3, 0.4) is 0 Å². The van der Waals surface area contributed by atoms with Crippen LogP contribution in [0.5, 0.6) is 0 Å². The number of fused-ring (bicyclic) bond motifs is 3. The molecule has 1 atom stereocenters. The van der Waals surface area contributed by atoms with E-state index in [1.54, 1.807) is 10.8 Å². The Balaban J connectivity index is 1.47. The monoisotopic (exact) mass is 466 g/mol. The van der Waals surface area contributed by atoms with Crippen molar-refractivity contribution in [3.8, 4) is 0 Å². The fourth-order valence-electron chi connectivity index (χ4n) is 3.85. The number of aromatic nitrogens is 3. The van der Waals surface area contributed by atoms with Gasteiger partial charge in [0, 0.05) is 23.9 Å². The molecule has 0 aliphatic carbocycles. The highest BCUT2D eigenvalue weighted by Crippen LogP contribution is 2.31. The van der Waals surface area contributed by atoms with Gasteiger partial charge in [0.2, 0.25) is 5.91 Å². The number of carbonyl (C=O) groups excluding carboxylic acids is 1. The molecule has 4 aromatic rings. The highest BCUT2D eigenvalue weighted by molar-refractivity contribution is 7.99. The molecular formula is C23H22N4O3S2. The minimum atomic E-state index is -0.143. The molecule has 0 unspecified atom stereocenters. The standard InChI is InChI=1S/C23H22N4O3S2/c1-14-5-2-6-15(11-14)25-18(28)13-31-23-26-19-17-8-3-9-24-21(17)32-20(19)22(29)27(23)12-16-7-4-10-30-16/h2-3,5-6,8-9,11,16H,4,7,10,12-13H2,1H3,(H,25,28)/t16-/m1/s1. The zero-order valence-corrected chi connectivity index (χ0v) is 19.2. The number of carbonyl (C=O) groups is 1. The fraction of sp³-hybridized carbons (Fsp3) is 0.304. The molecule has 4 heterocycles. The summed E-state index contributed by atoms with van der Waals surface area (Å²) in [5.41, 5.74) is 2.37. The molecule has 5 rings (SSSR count). The van der Waals surface area contributed by atoms with Gasteiger partial charge in [0.1, 0.15) is 9.53 Å². The van der Waals surface area contributed by atoms with E-state index in [0.29, 0.717) is 28.5 Å². The molecular weight excluding hydrogens is 444 g/mol. The summed E-state index contributed by atoms with van der Waals surface area (Å²) >= 11 is 2.63. The molecule has 0 bridgehead atoms. The third-order valence-electron chi connectivity index (χ3n) is 5.36. The van der Waals surface area contributed by atoms with Crippen LogP contribution in [0.4, 0.5) is 5.69 Å². The SMILES string of the molecule is Cc1cccc(NC(=O)CSc2nc3c(sc4ncccc43)c(=O)n2C[C@H]2CCCO2)c1. The van der Waals surface area contributed by atoms with Crippen LogP contribution in [0.15, 0.2) is 52.5 Å². The Morgan fingerprint density at radius 3 is 3.06 bits per heavy atom. The summed E-state index contributed by atoms with van der Waals surface area (Å²) in [5, 5.41) is 4.30. The first kappa shape index (κ1) is 21.1. The molecule has 0 spiro atoms. The molecule has 3 aromatic heterocycles. The van der Waals surface area contributed by atoms with Gasteiger partial charge in [-0.3, -0.25) is 14.2 Å². The summed E-state index contributed by atoms with van der Waals surface area (Å²) in [4.78, 5) is 36.0. The zero-order valence-electron chi connectivity index (χ0n) is 17.5. The van der Waals surface area contributed by atoms with Gasteiger partial charge in [-0.05, 0) is 49.6 Å². The van der Waals surface area contributed by atoms with Crippen LogP contribution < -0.4 is 10.9 Å². The Kier molecular flexibility index (Phi) is 5.95.